The van der Waals surface area contributed by atoms with Gasteiger partial charge in [0.05, 0.1) is 79.6 Å². The summed E-state index contributed by atoms with van der Waals surface area (Å²) in [6.07, 6.45) is 35.0. The molecule has 8 aromatic heterocycles. The summed E-state index contributed by atoms with van der Waals surface area (Å²) in [6, 6.07) is 62.0. The van der Waals surface area contributed by atoms with Gasteiger partial charge in [0, 0.05) is 70.7 Å². The van der Waals surface area contributed by atoms with Crippen LogP contribution in [0.5, 0.6) is 11.5 Å². The number of allylic oxidation sites excluding steroid dienone is 6. The average Bonchev–Trinajstić information content (AvgIpc) is 1.50. The molecule has 0 bridgehead atoms. The van der Waals surface area contributed by atoms with Crippen molar-refractivity contribution in [2.75, 3.05) is 13.2 Å². The fourth-order valence-corrected chi connectivity index (χ4v) is 29.9. The third-order valence-corrected chi connectivity index (χ3v) is 36.8. The smallest absolute Gasteiger partial charge is 0.271 e. The molecular formula is C114H114N4O4S8. The molecule has 0 N–H and O–H groups in total. The number of hydrogen-bond donors (Lipinski definition) is 0. The van der Waals surface area contributed by atoms with Gasteiger partial charge in [0.2, 0.25) is 0 Å². The van der Waals surface area contributed by atoms with E-state index in [1.807, 2.05) is 57.7 Å². The highest BCUT2D eigenvalue weighted by Gasteiger charge is 2.54. The Kier molecular flexibility index (Phi) is 29.3. The number of hydrogen-bond acceptors (Lipinski definition) is 14. The number of Topliss-reactive ketones (excluding diaryl/α,β-unsaturated/α-hetero) is 2. The number of carbonyl (C=O) groups excluding carboxylic acids is 2. The maximum absolute atomic E-state index is 15.3. The van der Waals surface area contributed by atoms with Gasteiger partial charge in [-0.2, -0.15) is 0 Å². The fraction of sp³-hybridized carbons (Fsp3) is 0.368. The number of nitriles is 2. The Hall–Kier alpha value is -9.92. The molecule has 662 valence electrons. The quantitative estimate of drug-likeness (QED) is 0.0163. The number of benzene rings is 5. The molecule has 0 saturated carbocycles. The number of carbonyl (C=O) groups is 2. The summed E-state index contributed by atoms with van der Waals surface area (Å²) in [5, 5.41) is 25.5. The molecule has 4 aliphatic rings. The zero-order chi connectivity index (χ0) is 90.2. The van der Waals surface area contributed by atoms with Crippen LogP contribution in [0.4, 0.5) is 0 Å². The lowest BCUT2D eigenvalue weighted by atomic mass is 9.65. The Balaban J connectivity index is 0.935. The van der Waals surface area contributed by atoms with E-state index >= 15 is 9.59 Å². The van der Waals surface area contributed by atoms with Crippen LogP contribution in [0.15, 0.2) is 179 Å². The summed E-state index contributed by atoms with van der Waals surface area (Å²) in [6.45, 7) is 36.0. The van der Waals surface area contributed by atoms with Gasteiger partial charge in [-0.05, 0) is 225 Å². The van der Waals surface area contributed by atoms with E-state index in [4.69, 9.17) is 22.6 Å². The molecule has 16 heteroatoms. The van der Waals surface area contributed by atoms with Crippen molar-refractivity contribution in [3.63, 3.8) is 0 Å². The van der Waals surface area contributed by atoms with Crippen LogP contribution in [-0.4, -0.2) is 24.8 Å². The third kappa shape index (κ3) is 17.5. The Labute approximate surface area is 801 Å². The highest BCUT2D eigenvalue weighted by molar-refractivity contribution is 7.29. The van der Waals surface area contributed by atoms with Crippen molar-refractivity contribution in [3.05, 3.63) is 299 Å². The SMILES string of the molecule is [C-]#[N+]/C(C#N)=C1/C(=C/c2cc(OCC(CC)CCCC)c(-c3cc4c(s3)-c3cc5c(cc3C4(c3ccc(CCCCCC)cc3)c3ccc(CCCCCC)cc3)-c3sc(-c4sc(/C=C6\C(=O)c7c(sc8ccsc78)\C6=C(/C#N)[N+]#[C-])cc4OCC(CC)CCCC)cc3C5(c3ccc(CCCCCC)cc3)c3ccc(CCCCCC)cc3)s2)C(=O)c2c1sc1ccsc21. The van der Waals surface area contributed by atoms with E-state index in [1.165, 1.54) is 210 Å². The van der Waals surface area contributed by atoms with Crippen LogP contribution in [0.25, 0.3) is 92.2 Å². The van der Waals surface area contributed by atoms with Crippen LogP contribution in [0, 0.1) is 47.6 Å². The maximum atomic E-state index is 15.3. The van der Waals surface area contributed by atoms with Crippen molar-refractivity contribution in [2.24, 2.45) is 11.8 Å². The fourth-order valence-electron chi connectivity index (χ4n) is 20.3. The molecule has 0 spiro atoms. The predicted molar refractivity (Wildman–Crippen MR) is 555 cm³/mol. The van der Waals surface area contributed by atoms with Crippen LogP contribution in [0.1, 0.15) is 316 Å². The first kappa shape index (κ1) is 92.0. The van der Waals surface area contributed by atoms with Crippen molar-refractivity contribution < 1.29 is 19.1 Å². The summed E-state index contributed by atoms with van der Waals surface area (Å²) in [4.78, 5) is 47.6. The van der Waals surface area contributed by atoms with Gasteiger partial charge >= 0.3 is 0 Å². The van der Waals surface area contributed by atoms with E-state index in [2.05, 4.69) is 211 Å². The molecule has 0 saturated heterocycles. The Morgan fingerprint density at radius 3 is 1.04 bits per heavy atom. The highest BCUT2D eigenvalue weighted by atomic mass is 32.1. The lowest BCUT2D eigenvalue weighted by molar-refractivity contribution is 0.103. The highest BCUT2D eigenvalue weighted by Crippen LogP contribution is 2.68. The first-order valence-corrected chi connectivity index (χ1v) is 54.4. The molecule has 0 amide bonds. The molecule has 13 aromatic rings. The first-order valence-electron chi connectivity index (χ1n) is 47.7. The van der Waals surface area contributed by atoms with Gasteiger partial charge in [0.1, 0.15) is 11.5 Å². The van der Waals surface area contributed by atoms with Crippen LogP contribution in [0.2, 0.25) is 0 Å². The van der Waals surface area contributed by atoms with E-state index < -0.39 is 10.8 Å². The van der Waals surface area contributed by atoms with Gasteiger partial charge in [-0.1, -0.05) is 268 Å². The molecule has 0 fully saturated rings. The van der Waals surface area contributed by atoms with E-state index in [9.17, 15) is 10.5 Å². The number of nitrogens with zero attached hydrogens (tertiary/aromatic N) is 4. The first-order chi connectivity index (χ1) is 63.7. The van der Waals surface area contributed by atoms with Crippen molar-refractivity contribution in [1.29, 1.82) is 10.5 Å². The molecule has 8 heterocycles. The second kappa shape index (κ2) is 41.5. The summed E-state index contributed by atoms with van der Waals surface area (Å²) in [5.74, 6) is 1.82. The maximum Gasteiger partial charge on any atom is 0.271 e. The lowest BCUT2D eigenvalue weighted by Gasteiger charge is -2.35. The van der Waals surface area contributed by atoms with E-state index in [0.29, 0.717) is 68.2 Å². The van der Waals surface area contributed by atoms with Gasteiger partial charge in [-0.3, -0.25) is 9.59 Å². The second-order valence-corrected chi connectivity index (χ2v) is 44.0. The second-order valence-electron chi connectivity index (χ2n) is 35.8. The van der Waals surface area contributed by atoms with Gasteiger partial charge in [0.25, 0.3) is 11.4 Å². The van der Waals surface area contributed by atoms with Gasteiger partial charge < -0.3 is 9.47 Å². The number of thiophene rings is 8. The van der Waals surface area contributed by atoms with Crippen LogP contribution in [-0.2, 0) is 36.5 Å². The average molecular weight is 1860 g/mol. The number of ether oxygens (including phenoxy) is 2. The Morgan fingerprint density at radius 1 is 0.392 bits per heavy atom. The molecule has 5 aromatic carbocycles. The summed E-state index contributed by atoms with van der Waals surface area (Å²) in [5.41, 5.74) is 18.1. The molecule has 17 rings (SSSR count). The molecule has 130 heavy (non-hydrogen) atoms. The largest absolute Gasteiger partial charge is 0.492 e. The molecule has 0 aliphatic heterocycles. The van der Waals surface area contributed by atoms with E-state index in [0.717, 1.165) is 162 Å². The number of fused-ring (bicyclic) bond motifs is 12. The molecule has 0 radical (unpaired) electrons. The lowest BCUT2D eigenvalue weighted by Crippen LogP contribution is -2.30. The van der Waals surface area contributed by atoms with Gasteiger partial charge in [-0.15, -0.1) is 90.7 Å². The summed E-state index contributed by atoms with van der Waals surface area (Å²) < 4.78 is 18.4. The van der Waals surface area contributed by atoms with Crippen LogP contribution >= 0.6 is 90.7 Å². The molecule has 4 aliphatic carbocycles. The third-order valence-electron chi connectivity index (χ3n) is 27.5. The zero-order valence-electron chi connectivity index (χ0n) is 76.2. The molecule has 8 nitrogen and oxygen atoms in total. The minimum Gasteiger partial charge on any atom is -0.492 e. The summed E-state index contributed by atoms with van der Waals surface area (Å²) in [7, 11) is 0. The van der Waals surface area contributed by atoms with Crippen molar-refractivity contribution in [3.8, 4) is 64.0 Å². The zero-order valence-corrected chi connectivity index (χ0v) is 82.8. The van der Waals surface area contributed by atoms with Crippen molar-refractivity contribution in [2.45, 2.75) is 246 Å². The van der Waals surface area contributed by atoms with Crippen LogP contribution in [0.3, 0.4) is 0 Å². The van der Waals surface area contributed by atoms with E-state index in [1.54, 1.807) is 22.7 Å². The van der Waals surface area contributed by atoms with Crippen LogP contribution < -0.4 is 9.47 Å². The Morgan fingerprint density at radius 2 is 0.731 bits per heavy atom. The minimum atomic E-state index is -0.877. The molecule has 2 unspecified atom stereocenters. The summed E-state index contributed by atoms with van der Waals surface area (Å²) >= 11 is 13.0. The monoisotopic (exact) mass is 1860 g/mol. The van der Waals surface area contributed by atoms with Crippen molar-refractivity contribution >= 4 is 144 Å². The number of aryl methyl sites for hydroxylation is 4. The van der Waals surface area contributed by atoms with E-state index in [-0.39, 0.29) is 23.0 Å². The minimum absolute atomic E-state index is 0.0843. The molecular weight excluding hydrogens is 1750 g/mol. The topological polar surface area (TPSA) is 109 Å². The van der Waals surface area contributed by atoms with Crippen molar-refractivity contribution in [1.82, 2.24) is 0 Å². The standard InChI is InChI=1S/C114H114N4O4S8/c1-11-19-25-29-35-73-39-47-77(48-40-73)113(78-49-41-74(42-50-78)36-30-26-20-12-2)87-63-84-88(64-83(87)105-89(113)65-97(129-105)107-93(121-69-71(17-7)33-23-15-5)61-81(125-107)59-85-99(91(67-115)117-9)111-101(103(85)119)109-95(127-111)55-57-123-109)114(79-51-43-75(44-52-79)37-31-27-21-13-3,80-53-45-76(46-54-80)38-32-28-22-14-4)90-66-98(130-106(84)90)108-94(122-70-72(18-8)34-24-16-6)62-82(126-108)60-86-100(92(68-116)118-10)112-102(104(86)120)110-96(128-112)56-58-124-110/h39-66,71-72H,11-38,69-70H2,1-8H3/b85-59-,86-60-,99-91-,100-92+. The number of rotatable bonds is 42. The molecule has 2 atom stereocenters. The number of ketones is 2. The van der Waals surface area contributed by atoms with Gasteiger partial charge in [-0.25, -0.2) is 20.2 Å². The van der Waals surface area contributed by atoms with Gasteiger partial charge in [0.15, 0.2) is 11.6 Å². The predicted octanol–water partition coefficient (Wildman–Crippen LogP) is 35.1. The normalized spacial score (nSPS) is 15.7. The Bertz CT molecular complexity index is 6110. The number of unbranched alkanes of at least 4 members (excludes halogenated alkanes) is 14.